The summed E-state index contributed by atoms with van der Waals surface area (Å²) in [7, 11) is 0. The Hall–Kier alpha value is -0.610. The second kappa shape index (κ2) is 7.59. The minimum absolute atomic E-state index is 0.190. The molecule has 21 heavy (non-hydrogen) atoms. The van der Waals surface area contributed by atoms with Crippen LogP contribution in [0.2, 0.25) is 0 Å². The zero-order chi connectivity index (χ0) is 15.3. The molecule has 0 bridgehead atoms. The molecule has 2 heterocycles. The summed E-state index contributed by atoms with van der Waals surface area (Å²) in [5.41, 5.74) is -0.244. The first-order valence-corrected chi connectivity index (χ1v) is 8.61. The zero-order valence-electron chi connectivity index (χ0n) is 14.0. The van der Waals surface area contributed by atoms with Crippen LogP contribution in [0.1, 0.15) is 59.3 Å². The van der Waals surface area contributed by atoms with Crippen LogP contribution in [0.3, 0.4) is 0 Å². The number of nitrogens with zero attached hydrogens (tertiary/aromatic N) is 1. The minimum Gasteiger partial charge on any atom is -0.366 e. The van der Waals surface area contributed by atoms with Crippen LogP contribution in [0, 0.1) is 5.92 Å². The summed E-state index contributed by atoms with van der Waals surface area (Å²) in [4.78, 5) is 14.8. The van der Waals surface area contributed by atoms with E-state index in [1.54, 1.807) is 0 Å². The van der Waals surface area contributed by atoms with Gasteiger partial charge in [0.2, 0.25) is 5.91 Å². The van der Waals surface area contributed by atoms with Crippen LogP contribution in [-0.2, 0) is 9.53 Å². The first-order valence-electron chi connectivity index (χ1n) is 8.61. The third kappa shape index (κ3) is 5.26. The Balaban J connectivity index is 1.99. The Kier molecular flexibility index (Phi) is 6.06. The molecule has 1 atom stereocenters. The molecule has 2 fully saturated rings. The average Bonchev–Trinajstić information content (AvgIpc) is 2.70. The second-order valence-electron chi connectivity index (χ2n) is 7.49. The van der Waals surface area contributed by atoms with Crippen molar-refractivity contribution in [1.29, 1.82) is 0 Å². The molecule has 2 aliphatic rings. The number of carbonyl (C=O) groups excluding carboxylic acids is 1. The highest BCUT2D eigenvalue weighted by atomic mass is 16.5. The number of nitrogens with one attached hydrogen (secondary N) is 1. The lowest BCUT2D eigenvalue weighted by Gasteiger charge is -2.38. The third-order valence-corrected chi connectivity index (χ3v) is 4.68. The van der Waals surface area contributed by atoms with Gasteiger partial charge in [-0.1, -0.05) is 12.8 Å². The Labute approximate surface area is 129 Å². The fourth-order valence-electron chi connectivity index (χ4n) is 3.52. The number of likely N-dealkylation sites (tertiary alicyclic amines) is 1. The molecule has 0 radical (unpaired) electrons. The maximum Gasteiger partial charge on any atom is 0.248 e. The van der Waals surface area contributed by atoms with Gasteiger partial charge in [-0.2, -0.15) is 0 Å². The van der Waals surface area contributed by atoms with Gasteiger partial charge in [0.25, 0.3) is 0 Å². The van der Waals surface area contributed by atoms with Gasteiger partial charge in [0.1, 0.15) is 6.61 Å². The predicted octanol–water partition coefficient (Wildman–Crippen LogP) is 2.57. The number of piperidine rings is 1. The molecule has 2 saturated heterocycles. The van der Waals surface area contributed by atoms with Gasteiger partial charge < -0.3 is 15.0 Å². The van der Waals surface area contributed by atoms with Crippen LogP contribution in [0.5, 0.6) is 0 Å². The van der Waals surface area contributed by atoms with Crippen molar-refractivity contribution in [2.24, 2.45) is 5.92 Å². The molecular formula is C17H32N2O2. The molecule has 1 unspecified atom stereocenters. The monoisotopic (exact) mass is 296 g/mol. The van der Waals surface area contributed by atoms with Crippen molar-refractivity contribution in [3.63, 3.8) is 0 Å². The normalized spacial score (nSPS) is 25.7. The highest BCUT2D eigenvalue weighted by molar-refractivity contribution is 5.78. The Morgan fingerprint density at radius 2 is 1.86 bits per heavy atom. The van der Waals surface area contributed by atoms with E-state index in [0.29, 0.717) is 12.0 Å². The first kappa shape index (κ1) is 16.8. The zero-order valence-corrected chi connectivity index (χ0v) is 14.0. The SMILES string of the molecule is CC(C)(C)OCC(=O)N1CCCCCC1C1CCNCC1. The third-order valence-electron chi connectivity index (χ3n) is 4.68. The number of carbonyl (C=O) groups is 1. The Bertz CT molecular complexity index is 332. The molecule has 0 aromatic heterocycles. The molecule has 0 spiro atoms. The van der Waals surface area contributed by atoms with Gasteiger partial charge in [-0.05, 0) is 65.5 Å². The minimum atomic E-state index is -0.244. The predicted molar refractivity (Wildman–Crippen MR) is 85.3 cm³/mol. The smallest absolute Gasteiger partial charge is 0.248 e. The van der Waals surface area contributed by atoms with Gasteiger partial charge in [-0.25, -0.2) is 0 Å². The van der Waals surface area contributed by atoms with Crippen LogP contribution in [0.25, 0.3) is 0 Å². The van der Waals surface area contributed by atoms with E-state index in [4.69, 9.17) is 4.74 Å². The average molecular weight is 296 g/mol. The molecule has 0 aromatic rings. The van der Waals surface area contributed by atoms with Crippen molar-refractivity contribution in [1.82, 2.24) is 10.2 Å². The van der Waals surface area contributed by atoms with Gasteiger partial charge in [-0.3, -0.25) is 4.79 Å². The second-order valence-corrected chi connectivity index (χ2v) is 7.49. The lowest BCUT2D eigenvalue weighted by molar-refractivity contribution is -0.144. The summed E-state index contributed by atoms with van der Waals surface area (Å²) in [5.74, 6) is 0.860. The summed E-state index contributed by atoms with van der Waals surface area (Å²) in [6, 6.07) is 0.436. The van der Waals surface area contributed by atoms with Crippen molar-refractivity contribution < 1.29 is 9.53 Å². The molecule has 0 aromatic carbocycles. The molecule has 1 N–H and O–H groups in total. The standard InChI is InChI=1S/C17H32N2O2/c1-17(2,3)21-13-16(20)19-12-6-4-5-7-15(19)14-8-10-18-11-9-14/h14-15,18H,4-13H2,1-3H3. The topological polar surface area (TPSA) is 41.6 Å². The van der Waals surface area contributed by atoms with Crippen LogP contribution in [0.15, 0.2) is 0 Å². The molecule has 4 heteroatoms. The van der Waals surface area contributed by atoms with Crippen molar-refractivity contribution in [3.05, 3.63) is 0 Å². The summed E-state index contributed by atoms with van der Waals surface area (Å²) in [6.45, 7) is 9.36. The van der Waals surface area contributed by atoms with E-state index in [0.717, 1.165) is 26.1 Å². The van der Waals surface area contributed by atoms with Crippen LogP contribution in [0.4, 0.5) is 0 Å². The van der Waals surface area contributed by atoms with E-state index in [1.807, 2.05) is 20.8 Å². The number of hydrogen-bond acceptors (Lipinski definition) is 3. The van der Waals surface area contributed by atoms with E-state index >= 15 is 0 Å². The lowest BCUT2D eigenvalue weighted by Crippen LogP contribution is -2.48. The van der Waals surface area contributed by atoms with Crippen LogP contribution >= 0.6 is 0 Å². The van der Waals surface area contributed by atoms with Gasteiger partial charge in [0.15, 0.2) is 0 Å². The van der Waals surface area contributed by atoms with Crippen molar-refractivity contribution in [3.8, 4) is 0 Å². The Morgan fingerprint density at radius 3 is 2.52 bits per heavy atom. The quantitative estimate of drug-likeness (QED) is 0.870. The molecule has 4 nitrogen and oxygen atoms in total. The number of ether oxygens (including phenoxy) is 1. The fraction of sp³-hybridized carbons (Fsp3) is 0.941. The number of rotatable bonds is 3. The van der Waals surface area contributed by atoms with Gasteiger partial charge in [0, 0.05) is 12.6 Å². The molecule has 0 aliphatic carbocycles. The number of amides is 1. The maximum absolute atomic E-state index is 12.6. The molecule has 122 valence electrons. The summed E-state index contributed by atoms with van der Waals surface area (Å²) < 4.78 is 5.72. The summed E-state index contributed by atoms with van der Waals surface area (Å²) >= 11 is 0. The van der Waals surface area contributed by atoms with Crippen LogP contribution < -0.4 is 5.32 Å². The molecule has 2 rings (SSSR count). The summed E-state index contributed by atoms with van der Waals surface area (Å²) in [6.07, 6.45) is 7.24. The highest BCUT2D eigenvalue weighted by Gasteiger charge is 2.32. The molecular weight excluding hydrogens is 264 g/mol. The summed E-state index contributed by atoms with van der Waals surface area (Å²) in [5, 5.41) is 3.43. The van der Waals surface area contributed by atoms with Crippen LogP contribution in [-0.4, -0.2) is 48.7 Å². The Morgan fingerprint density at radius 1 is 1.14 bits per heavy atom. The van der Waals surface area contributed by atoms with Gasteiger partial charge in [-0.15, -0.1) is 0 Å². The van der Waals surface area contributed by atoms with E-state index in [-0.39, 0.29) is 18.1 Å². The van der Waals surface area contributed by atoms with Crippen molar-refractivity contribution in [2.75, 3.05) is 26.2 Å². The van der Waals surface area contributed by atoms with E-state index < -0.39 is 0 Å². The molecule has 0 saturated carbocycles. The van der Waals surface area contributed by atoms with Crippen molar-refractivity contribution in [2.45, 2.75) is 70.9 Å². The van der Waals surface area contributed by atoms with E-state index in [2.05, 4.69) is 10.2 Å². The van der Waals surface area contributed by atoms with E-state index in [1.165, 1.54) is 32.1 Å². The molecule has 2 aliphatic heterocycles. The lowest BCUT2D eigenvalue weighted by atomic mass is 9.87. The molecule has 1 amide bonds. The maximum atomic E-state index is 12.6. The highest BCUT2D eigenvalue weighted by Crippen LogP contribution is 2.28. The van der Waals surface area contributed by atoms with E-state index in [9.17, 15) is 4.79 Å². The van der Waals surface area contributed by atoms with Gasteiger partial charge >= 0.3 is 0 Å². The fourth-order valence-corrected chi connectivity index (χ4v) is 3.52. The first-order chi connectivity index (χ1) is 9.97. The van der Waals surface area contributed by atoms with Crippen molar-refractivity contribution >= 4 is 5.91 Å². The van der Waals surface area contributed by atoms with Gasteiger partial charge in [0.05, 0.1) is 5.60 Å². The largest absolute Gasteiger partial charge is 0.366 e. The number of hydrogen-bond donors (Lipinski definition) is 1.